The van der Waals surface area contributed by atoms with Gasteiger partial charge >= 0.3 is 0 Å². The lowest BCUT2D eigenvalue weighted by molar-refractivity contribution is -0.107. The van der Waals surface area contributed by atoms with Crippen LogP contribution < -0.4 is 0 Å². The highest BCUT2D eigenvalue weighted by atomic mass is 35.5. The first-order valence-electron chi connectivity index (χ1n) is 8.64. The molecule has 0 bridgehead atoms. The highest BCUT2D eigenvalue weighted by molar-refractivity contribution is 5.85. The van der Waals surface area contributed by atoms with E-state index in [9.17, 15) is 10.2 Å². The zero-order valence-electron chi connectivity index (χ0n) is 14.6. The zero-order chi connectivity index (χ0) is 15.4. The van der Waals surface area contributed by atoms with Crippen molar-refractivity contribution in [2.24, 2.45) is 0 Å². The molecule has 0 rings (SSSR count). The number of nitrogens with zero attached hydrogens (tertiary/aromatic N) is 1. The third kappa shape index (κ3) is 12.4. The van der Waals surface area contributed by atoms with Crippen LogP contribution in [0.5, 0.6) is 0 Å². The standard InChI is InChI=1S/C17H37NO2.ClH/c1-5-6-7-8-9-10-11-12-13-14-15(2)18(16(3)19)17(4)20;/h15-17,19-20H,5-14H2,1-4H3;1H. The molecule has 3 unspecified atom stereocenters. The predicted molar refractivity (Wildman–Crippen MR) is 93.8 cm³/mol. The molecule has 0 fully saturated rings. The summed E-state index contributed by atoms with van der Waals surface area (Å²) in [5, 5.41) is 19.3. The summed E-state index contributed by atoms with van der Waals surface area (Å²) >= 11 is 0. The first-order chi connectivity index (χ1) is 9.50. The van der Waals surface area contributed by atoms with Gasteiger partial charge in [-0.3, -0.25) is 4.90 Å². The maximum atomic E-state index is 9.66. The molecule has 0 aliphatic carbocycles. The lowest BCUT2D eigenvalue weighted by Crippen LogP contribution is -2.46. The smallest absolute Gasteiger partial charge is 0.106 e. The minimum absolute atomic E-state index is 0. The summed E-state index contributed by atoms with van der Waals surface area (Å²) in [6.07, 6.45) is 11.9. The van der Waals surface area contributed by atoms with Gasteiger partial charge in [-0.25, -0.2) is 0 Å². The molecule has 0 aliphatic heterocycles. The van der Waals surface area contributed by atoms with E-state index in [4.69, 9.17) is 0 Å². The predicted octanol–water partition coefficient (Wildman–Crippen LogP) is 4.70. The zero-order valence-corrected chi connectivity index (χ0v) is 15.4. The number of hydrogen-bond donors (Lipinski definition) is 2. The van der Waals surface area contributed by atoms with E-state index in [2.05, 4.69) is 13.8 Å². The van der Waals surface area contributed by atoms with E-state index in [1.54, 1.807) is 18.7 Å². The first-order valence-corrected chi connectivity index (χ1v) is 8.64. The quantitative estimate of drug-likeness (QED) is 0.381. The van der Waals surface area contributed by atoms with Gasteiger partial charge in [0.25, 0.3) is 0 Å². The van der Waals surface area contributed by atoms with E-state index in [1.807, 2.05) is 0 Å². The van der Waals surface area contributed by atoms with Gasteiger partial charge in [-0.05, 0) is 27.2 Å². The van der Waals surface area contributed by atoms with Gasteiger partial charge in [-0.1, -0.05) is 64.7 Å². The number of rotatable bonds is 13. The van der Waals surface area contributed by atoms with E-state index in [0.717, 1.165) is 6.42 Å². The van der Waals surface area contributed by atoms with Crippen LogP contribution in [0.15, 0.2) is 0 Å². The van der Waals surface area contributed by atoms with Crippen molar-refractivity contribution >= 4 is 12.4 Å². The van der Waals surface area contributed by atoms with Crippen LogP contribution in [0.1, 0.15) is 91.9 Å². The summed E-state index contributed by atoms with van der Waals surface area (Å²) in [5.41, 5.74) is 0. The molecule has 0 saturated carbocycles. The van der Waals surface area contributed by atoms with Crippen LogP contribution in [-0.2, 0) is 0 Å². The maximum absolute atomic E-state index is 9.66. The Labute approximate surface area is 138 Å². The minimum Gasteiger partial charge on any atom is -0.379 e. The Kier molecular flexibility index (Phi) is 16.8. The minimum atomic E-state index is -0.580. The van der Waals surface area contributed by atoms with Crippen LogP contribution in [0.2, 0.25) is 0 Å². The Balaban J connectivity index is 0. The van der Waals surface area contributed by atoms with Gasteiger partial charge in [-0.2, -0.15) is 0 Å². The van der Waals surface area contributed by atoms with Gasteiger partial charge in [0.15, 0.2) is 0 Å². The van der Waals surface area contributed by atoms with Crippen molar-refractivity contribution in [2.75, 3.05) is 0 Å². The Hall–Kier alpha value is 0.170. The highest BCUT2D eigenvalue weighted by Crippen LogP contribution is 2.16. The van der Waals surface area contributed by atoms with Gasteiger partial charge in [0.2, 0.25) is 0 Å². The van der Waals surface area contributed by atoms with Crippen molar-refractivity contribution in [1.29, 1.82) is 0 Å². The van der Waals surface area contributed by atoms with Crippen LogP contribution in [0.3, 0.4) is 0 Å². The topological polar surface area (TPSA) is 43.7 Å². The number of unbranched alkanes of at least 4 members (excludes halogenated alkanes) is 8. The summed E-state index contributed by atoms with van der Waals surface area (Å²) in [7, 11) is 0. The molecule has 3 atom stereocenters. The molecule has 130 valence electrons. The van der Waals surface area contributed by atoms with Crippen molar-refractivity contribution in [3.05, 3.63) is 0 Å². The molecule has 0 heterocycles. The molecule has 0 radical (unpaired) electrons. The monoisotopic (exact) mass is 323 g/mol. The largest absolute Gasteiger partial charge is 0.379 e. The van der Waals surface area contributed by atoms with E-state index in [-0.39, 0.29) is 18.4 Å². The van der Waals surface area contributed by atoms with Gasteiger partial charge in [0.1, 0.15) is 12.5 Å². The average molecular weight is 324 g/mol. The third-order valence-electron chi connectivity index (χ3n) is 4.10. The summed E-state index contributed by atoms with van der Waals surface area (Å²) in [6, 6.07) is 0.236. The highest BCUT2D eigenvalue weighted by Gasteiger charge is 2.21. The molecule has 0 spiro atoms. The molecule has 0 aromatic carbocycles. The summed E-state index contributed by atoms with van der Waals surface area (Å²) in [6.45, 7) is 7.79. The number of hydrogen-bond acceptors (Lipinski definition) is 3. The Morgan fingerprint density at radius 2 is 1.10 bits per heavy atom. The van der Waals surface area contributed by atoms with Gasteiger partial charge in [-0.15, -0.1) is 12.4 Å². The Bertz CT molecular complexity index is 205. The van der Waals surface area contributed by atoms with Gasteiger partial charge in [0.05, 0.1) is 0 Å². The van der Waals surface area contributed by atoms with Crippen molar-refractivity contribution < 1.29 is 10.2 Å². The molecule has 0 saturated heterocycles. The van der Waals surface area contributed by atoms with Gasteiger partial charge < -0.3 is 10.2 Å². The normalized spacial score (nSPS) is 15.6. The molecular formula is C17H38ClNO2. The van der Waals surface area contributed by atoms with Crippen molar-refractivity contribution in [2.45, 2.75) is 110 Å². The molecular weight excluding hydrogens is 286 g/mol. The Morgan fingerprint density at radius 3 is 1.48 bits per heavy atom. The SMILES string of the molecule is CCCCCCCCCCCC(C)N(C(C)O)C(C)O.Cl. The number of halogens is 1. The van der Waals surface area contributed by atoms with Crippen molar-refractivity contribution in [1.82, 2.24) is 4.90 Å². The van der Waals surface area contributed by atoms with Crippen LogP contribution in [0.4, 0.5) is 0 Å². The fourth-order valence-electron chi connectivity index (χ4n) is 2.95. The molecule has 0 aliphatic rings. The van der Waals surface area contributed by atoms with Crippen LogP contribution in [0.25, 0.3) is 0 Å². The van der Waals surface area contributed by atoms with E-state index < -0.39 is 12.5 Å². The fraction of sp³-hybridized carbons (Fsp3) is 1.00. The second kappa shape index (κ2) is 15.1. The molecule has 3 nitrogen and oxygen atoms in total. The number of aliphatic hydroxyl groups is 2. The lowest BCUT2D eigenvalue weighted by Gasteiger charge is -2.34. The molecule has 21 heavy (non-hydrogen) atoms. The third-order valence-corrected chi connectivity index (χ3v) is 4.10. The summed E-state index contributed by atoms with van der Waals surface area (Å²) in [4.78, 5) is 1.77. The van der Waals surface area contributed by atoms with Crippen LogP contribution >= 0.6 is 12.4 Å². The van der Waals surface area contributed by atoms with E-state index in [0.29, 0.717) is 0 Å². The Morgan fingerprint density at radius 1 is 0.714 bits per heavy atom. The second-order valence-electron chi connectivity index (χ2n) is 6.18. The van der Waals surface area contributed by atoms with Crippen LogP contribution in [0, 0.1) is 0 Å². The van der Waals surface area contributed by atoms with Crippen LogP contribution in [-0.4, -0.2) is 33.6 Å². The molecule has 0 aromatic rings. The second-order valence-corrected chi connectivity index (χ2v) is 6.18. The van der Waals surface area contributed by atoms with Crippen molar-refractivity contribution in [3.8, 4) is 0 Å². The van der Waals surface area contributed by atoms with E-state index >= 15 is 0 Å². The summed E-state index contributed by atoms with van der Waals surface area (Å²) in [5.74, 6) is 0. The number of aliphatic hydroxyl groups excluding tert-OH is 2. The molecule has 4 heteroatoms. The molecule has 2 N–H and O–H groups in total. The first kappa shape index (κ1) is 23.4. The maximum Gasteiger partial charge on any atom is 0.106 e. The fourth-order valence-corrected chi connectivity index (χ4v) is 2.95. The average Bonchev–Trinajstić information content (AvgIpc) is 2.36. The van der Waals surface area contributed by atoms with Gasteiger partial charge in [0, 0.05) is 6.04 Å². The summed E-state index contributed by atoms with van der Waals surface area (Å²) < 4.78 is 0. The molecule has 0 aromatic heterocycles. The lowest BCUT2D eigenvalue weighted by atomic mass is 10.0. The molecule has 0 amide bonds. The van der Waals surface area contributed by atoms with E-state index in [1.165, 1.54) is 57.8 Å². The van der Waals surface area contributed by atoms with Crippen molar-refractivity contribution in [3.63, 3.8) is 0 Å².